The number of nitrogens with one attached hydrogen (secondary N) is 1. The van der Waals surface area contributed by atoms with Crippen LogP contribution in [-0.2, 0) is 9.47 Å². The average molecular weight is 213 g/mol. The van der Waals surface area contributed by atoms with E-state index in [0.717, 1.165) is 19.6 Å². The van der Waals surface area contributed by atoms with Gasteiger partial charge in [0.05, 0.1) is 12.7 Å². The topological polar surface area (TPSA) is 30.5 Å². The summed E-state index contributed by atoms with van der Waals surface area (Å²) in [7, 11) is 0. The Kier molecular flexibility index (Phi) is 4.00. The van der Waals surface area contributed by atoms with Crippen LogP contribution in [0.15, 0.2) is 0 Å². The van der Waals surface area contributed by atoms with Crippen LogP contribution in [0, 0.1) is 0 Å². The van der Waals surface area contributed by atoms with Crippen LogP contribution in [0.2, 0.25) is 0 Å². The summed E-state index contributed by atoms with van der Waals surface area (Å²) in [4.78, 5) is 0. The molecule has 1 N–H and O–H groups in total. The van der Waals surface area contributed by atoms with Crippen LogP contribution in [0.1, 0.15) is 45.4 Å². The highest BCUT2D eigenvalue weighted by Crippen LogP contribution is 2.27. The zero-order chi connectivity index (χ0) is 10.6. The maximum atomic E-state index is 5.53. The molecule has 1 atom stereocenters. The minimum absolute atomic E-state index is 0.359. The summed E-state index contributed by atoms with van der Waals surface area (Å²) in [6.45, 7) is 4.66. The Labute approximate surface area is 92.5 Å². The lowest BCUT2D eigenvalue weighted by Gasteiger charge is -2.36. The van der Waals surface area contributed by atoms with Gasteiger partial charge >= 0.3 is 0 Å². The predicted molar refractivity (Wildman–Crippen MR) is 59.8 cm³/mol. The van der Waals surface area contributed by atoms with E-state index in [0.29, 0.717) is 18.4 Å². The molecule has 1 aliphatic heterocycles. The molecule has 0 spiro atoms. The first-order valence-electron chi connectivity index (χ1n) is 6.23. The predicted octanol–water partition coefficient (Wildman–Crippen LogP) is 2.06. The van der Waals surface area contributed by atoms with Gasteiger partial charge in [0.1, 0.15) is 6.79 Å². The van der Waals surface area contributed by atoms with Crippen LogP contribution in [0.4, 0.5) is 0 Å². The van der Waals surface area contributed by atoms with E-state index < -0.39 is 0 Å². The van der Waals surface area contributed by atoms with Gasteiger partial charge in [-0.15, -0.1) is 0 Å². The van der Waals surface area contributed by atoms with Gasteiger partial charge in [-0.25, -0.2) is 0 Å². The summed E-state index contributed by atoms with van der Waals surface area (Å²) in [6, 6.07) is 0. The van der Waals surface area contributed by atoms with Crippen molar-refractivity contribution in [1.82, 2.24) is 5.32 Å². The van der Waals surface area contributed by atoms with Crippen LogP contribution in [0.3, 0.4) is 0 Å². The Balaban J connectivity index is 1.70. The normalized spacial score (nSPS) is 31.4. The molecule has 88 valence electrons. The second-order valence-corrected chi connectivity index (χ2v) is 5.11. The quantitative estimate of drug-likeness (QED) is 0.778. The molecule has 2 fully saturated rings. The van der Waals surface area contributed by atoms with Gasteiger partial charge in [0.15, 0.2) is 0 Å². The third kappa shape index (κ3) is 3.44. The third-order valence-electron chi connectivity index (χ3n) is 3.68. The van der Waals surface area contributed by atoms with E-state index in [1.54, 1.807) is 0 Å². The van der Waals surface area contributed by atoms with E-state index in [1.165, 1.54) is 32.1 Å². The first-order valence-corrected chi connectivity index (χ1v) is 6.23. The maximum absolute atomic E-state index is 5.53. The third-order valence-corrected chi connectivity index (χ3v) is 3.68. The lowest BCUT2D eigenvalue weighted by atomic mass is 9.83. The SMILES string of the molecule is CC1(NCC2CCOCO2)CCCCC1. The fourth-order valence-corrected chi connectivity index (χ4v) is 2.53. The average Bonchev–Trinajstić information content (AvgIpc) is 2.29. The number of ether oxygens (including phenoxy) is 2. The summed E-state index contributed by atoms with van der Waals surface area (Å²) in [5.74, 6) is 0. The van der Waals surface area contributed by atoms with Crippen LogP contribution in [-0.4, -0.2) is 31.6 Å². The number of rotatable bonds is 3. The van der Waals surface area contributed by atoms with Crippen molar-refractivity contribution in [3.63, 3.8) is 0 Å². The smallest absolute Gasteiger partial charge is 0.147 e. The molecule has 0 aromatic rings. The fourth-order valence-electron chi connectivity index (χ4n) is 2.53. The molecule has 3 heteroatoms. The van der Waals surface area contributed by atoms with E-state index in [2.05, 4.69) is 12.2 Å². The highest BCUT2D eigenvalue weighted by molar-refractivity contribution is 4.87. The summed E-state index contributed by atoms with van der Waals surface area (Å²) in [5, 5.41) is 3.69. The number of hydrogen-bond acceptors (Lipinski definition) is 3. The monoisotopic (exact) mass is 213 g/mol. The lowest BCUT2D eigenvalue weighted by Crippen LogP contribution is -2.48. The molecule has 1 unspecified atom stereocenters. The Morgan fingerprint density at radius 1 is 1.27 bits per heavy atom. The fraction of sp³-hybridized carbons (Fsp3) is 1.00. The molecule has 0 aromatic carbocycles. The summed E-state index contributed by atoms with van der Waals surface area (Å²) in [5.41, 5.74) is 0.361. The number of hydrogen-bond donors (Lipinski definition) is 1. The zero-order valence-electron chi connectivity index (χ0n) is 9.76. The molecule has 1 saturated carbocycles. The highest BCUT2D eigenvalue weighted by Gasteiger charge is 2.27. The van der Waals surface area contributed by atoms with Gasteiger partial charge in [-0.3, -0.25) is 0 Å². The molecule has 2 rings (SSSR count). The second-order valence-electron chi connectivity index (χ2n) is 5.11. The van der Waals surface area contributed by atoms with Gasteiger partial charge in [-0.2, -0.15) is 0 Å². The Morgan fingerprint density at radius 3 is 2.73 bits per heavy atom. The molecular formula is C12H23NO2. The van der Waals surface area contributed by atoms with E-state index in [-0.39, 0.29) is 0 Å². The molecule has 0 amide bonds. The van der Waals surface area contributed by atoms with Gasteiger partial charge in [-0.1, -0.05) is 19.3 Å². The van der Waals surface area contributed by atoms with E-state index in [4.69, 9.17) is 9.47 Å². The van der Waals surface area contributed by atoms with Crippen LogP contribution in [0.25, 0.3) is 0 Å². The minimum Gasteiger partial charge on any atom is -0.355 e. The molecule has 15 heavy (non-hydrogen) atoms. The first kappa shape index (κ1) is 11.4. The van der Waals surface area contributed by atoms with Crippen molar-refractivity contribution in [3.8, 4) is 0 Å². The molecule has 3 nitrogen and oxygen atoms in total. The minimum atomic E-state index is 0.359. The first-order chi connectivity index (χ1) is 7.29. The van der Waals surface area contributed by atoms with E-state index in [1.807, 2.05) is 0 Å². The van der Waals surface area contributed by atoms with Crippen LogP contribution < -0.4 is 5.32 Å². The Bertz CT molecular complexity index is 184. The van der Waals surface area contributed by atoms with Gasteiger partial charge in [-0.05, 0) is 26.2 Å². The molecule has 0 radical (unpaired) electrons. The molecule has 1 aliphatic carbocycles. The molecule has 0 bridgehead atoms. The van der Waals surface area contributed by atoms with Gasteiger partial charge in [0.2, 0.25) is 0 Å². The van der Waals surface area contributed by atoms with Crippen molar-refractivity contribution in [2.45, 2.75) is 57.1 Å². The van der Waals surface area contributed by atoms with Crippen LogP contribution in [0.5, 0.6) is 0 Å². The van der Waals surface area contributed by atoms with Gasteiger partial charge < -0.3 is 14.8 Å². The van der Waals surface area contributed by atoms with Gasteiger partial charge in [0.25, 0.3) is 0 Å². The van der Waals surface area contributed by atoms with Crippen molar-refractivity contribution >= 4 is 0 Å². The standard InChI is InChI=1S/C12H23NO2/c1-12(6-3-2-4-7-12)13-9-11-5-8-14-10-15-11/h11,13H,2-10H2,1H3. The van der Waals surface area contributed by atoms with Crippen molar-refractivity contribution in [1.29, 1.82) is 0 Å². The van der Waals surface area contributed by atoms with Crippen molar-refractivity contribution in [2.24, 2.45) is 0 Å². The molecule has 1 saturated heterocycles. The Hall–Kier alpha value is -0.120. The molecule has 1 heterocycles. The summed E-state index contributed by atoms with van der Waals surface area (Å²) in [6.07, 6.45) is 8.18. The summed E-state index contributed by atoms with van der Waals surface area (Å²) >= 11 is 0. The Morgan fingerprint density at radius 2 is 2.07 bits per heavy atom. The summed E-state index contributed by atoms with van der Waals surface area (Å²) < 4.78 is 10.7. The van der Waals surface area contributed by atoms with Crippen molar-refractivity contribution in [3.05, 3.63) is 0 Å². The van der Waals surface area contributed by atoms with E-state index >= 15 is 0 Å². The van der Waals surface area contributed by atoms with Gasteiger partial charge in [0, 0.05) is 12.1 Å². The highest BCUT2D eigenvalue weighted by atomic mass is 16.7. The molecular weight excluding hydrogens is 190 g/mol. The molecule has 2 aliphatic rings. The zero-order valence-corrected chi connectivity index (χ0v) is 9.76. The van der Waals surface area contributed by atoms with E-state index in [9.17, 15) is 0 Å². The van der Waals surface area contributed by atoms with Crippen molar-refractivity contribution in [2.75, 3.05) is 19.9 Å². The second kappa shape index (κ2) is 5.28. The van der Waals surface area contributed by atoms with Crippen LogP contribution >= 0.6 is 0 Å². The lowest BCUT2D eigenvalue weighted by molar-refractivity contribution is -0.138. The van der Waals surface area contributed by atoms with Crippen molar-refractivity contribution < 1.29 is 9.47 Å². The maximum Gasteiger partial charge on any atom is 0.147 e. The molecule has 0 aromatic heterocycles. The largest absolute Gasteiger partial charge is 0.355 e.